The highest BCUT2D eigenvalue weighted by atomic mass is 32.1. The number of aryl methyl sites for hydroxylation is 1. The van der Waals surface area contributed by atoms with E-state index in [1.807, 2.05) is 6.07 Å². The number of rotatable bonds is 2. The number of thiol groups is 1. The second kappa shape index (κ2) is 4.10. The first-order valence-electron chi connectivity index (χ1n) is 5.52. The summed E-state index contributed by atoms with van der Waals surface area (Å²) in [5, 5.41) is 1.24. The number of hydrogen-bond acceptors (Lipinski definition) is 2. The Kier molecular flexibility index (Phi) is 2.94. The average molecular weight is 231 g/mol. The average Bonchev–Trinajstić information content (AvgIpc) is 2.29. The van der Waals surface area contributed by atoms with Gasteiger partial charge in [0.15, 0.2) is 0 Å². The zero-order chi connectivity index (χ0) is 11.8. The number of pyridine rings is 1. The van der Waals surface area contributed by atoms with Crippen LogP contribution < -0.4 is 0 Å². The fourth-order valence-corrected chi connectivity index (χ4v) is 1.94. The van der Waals surface area contributed by atoms with Crippen LogP contribution in [0.2, 0.25) is 0 Å². The molecule has 0 unspecified atom stereocenters. The molecule has 2 aromatic rings. The highest BCUT2D eigenvalue weighted by Crippen LogP contribution is 2.26. The van der Waals surface area contributed by atoms with Crippen molar-refractivity contribution in [1.29, 1.82) is 0 Å². The predicted octanol–water partition coefficient (Wildman–Crippen LogP) is 3.75. The van der Waals surface area contributed by atoms with Crippen LogP contribution in [0.5, 0.6) is 0 Å². The lowest BCUT2D eigenvalue weighted by Crippen LogP contribution is -2.21. The van der Waals surface area contributed by atoms with Gasteiger partial charge in [-0.15, -0.1) is 0 Å². The summed E-state index contributed by atoms with van der Waals surface area (Å²) in [5.41, 5.74) is 3.51. The Balaban J connectivity index is 2.67. The molecule has 0 aliphatic carbocycles. The van der Waals surface area contributed by atoms with Crippen LogP contribution in [0.3, 0.4) is 0 Å². The van der Waals surface area contributed by atoms with Gasteiger partial charge in [0.25, 0.3) is 0 Å². The van der Waals surface area contributed by atoms with Crippen molar-refractivity contribution in [3.8, 4) is 0 Å². The van der Waals surface area contributed by atoms with Crippen molar-refractivity contribution in [1.82, 2.24) is 4.98 Å². The van der Waals surface area contributed by atoms with Crippen LogP contribution in [0.1, 0.15) is 25.1 Å². The molecule has 1 nitrogen and oxygen atoms in total. The summed E-state index contributed by atoms with van der Waals surface area (Å²) in [5.74, 6) is 0.803. The van der Waals surface area contributed by atoms with E-state index in [0.29, 0.717) is 0 Å². The molecule has 0 fully saturated rings. The standard InChI is InChI=1S/C14H17NS/c1-10-8-13(14(2,3)9-16)15-12-7-5-4-6-11(10)12/h4-8,16H,9H2,1-3H3. The predicted molar refractivity (Wildman–Crippen MR) is 73.4 cm³/mol. The third kappa shape index (κ3) is 1.94. The smallest absolute Gasteiger partial charge is 0.0708 e. The molecule has 0 aliphatic rings. The van der Waals surface area contributed by atoms with Crippen LogP contribution in [0, 0.1) is 6.92 Å². The minimum atomic E-state index is 0.0257. The van der Waals surface area contributed by atoms with Gasteiger partial charge < -0.3 is 0 Å². The van der Waals surface area contributed by atoms with Crippen molar-refractivity contribution in [2.24, 2.45) is 0 Å². The summed E-state index contributed by atoms with van der Waals surface area (Å²) in [4.78, 5) is 4.73. The van der Waals surface area contributed by atoms with Crippen LogP contribution in [0.4, 0.5) is 0 Å². The van der Waals surface area contributed by atoms with Gasteiger partial charge in [-0.3, -0.25) is 4.98 Å². The lowest BCUT2D eigenvalue weighted by atomic mass is 9.89. The van der Waals surface area contributed by atoms with Crippen molar-refractivity contribution >= 4 is 23.5 Å². The van der Waals surface area contributed by atoms with E-state index in [2.05, 4.69) is 57.7 Å². The summed E-state index contributed by atoms with van der Waals surface area (Å²) in [6.07, 6.45) is 0. The lowest BCUT2D eigenvalue weighted by molar-refractivity contribution is 0.584. The normalized spacial score (nSPS) is 12.0. The van der Waals surface area contributed by atoms with E-state index >= 15 is 0 Å². The molecule has 0 saturated carbocycles. The van der Waals surface area contributed by atoms with Gasteiger partial charge in [0.1, 0.15) is 0 Å². The van der Waals surface area contributed by atoms with Gasteiger partial charge in [0, 0.05) is 22.2 Å². The number of nitrogens with zero attached hydrogens (tertiary/aromatic N) is 1. The van der Waals surface area contributed by atoms with Crippen LogP contribution in [0.25, 0.3) is 10.9 Å². The second-order valence-corrected chi connectivity index (χ2v) is 5.20. The monoisotopic (exact) mass is 231 g/mol. The Hall–Kier alpha value is -1.02. The van der Waals surface area contributed by atoms with Crippen molar-refractivity contribution in [3.05, 3.63) is 41.6 Å². The Morgan fingerprint density at radius 1 is 1.25 bits per heavy atom. The Morgan fingerprint density at radius 3 is 2.62 bits per heavy atom. The largest absolute Gasteiger partial charge is 0.252 e. The van der Waals surface area contributed by atoms with Gasteiger partial charge >= 0.3 is 0 Å². The minimum absolute atomic E-state index is 0.0257. The number of para-hydroxylation sites is 1. The Labute approximate surface area is 102 Å². The first kappa shape index (κ1) is 11.5. The van der Waals surface area contributed by atoms with Crippen LogP contribution >= 0.6 is 12.6 Å². The van der Waals surface area contributed by atoms with E-state index in [1.165, 1.54) is 10.9 Å². The number of hydrogen-bond donors (Lipinski definition) is 1. The van der Waals surface area contributed by atoms with Crippen molar-refractivity contribution in [2.75, 3.05) is 5.75 Å². The van der Waals surface area contributed by atoms with Crippen molar-refractivity contribution in [2.45, 2.75) is 26.2 Å². The van der Waals surface area contributed by atoms with Crippen molar-refractivity contribution < 1.29 is 0 Å². The quantitative estimate of drug-likeness (QED) is 0.777. The molecule has 1 aromatic heterocycles. The molecule has 1 aromatic carbocycles. The zero-order valence-electron chi connectivity index (χ0n) is 9.99. The highest BCUT2D eigenvalue weighted by Gasteiger charge is 2.21. The van der Waals surface area contributed by atoms with E-state index in [4.69, 9.17) is 4.98 Å². The van der Waals surface area contributed by atoms with E-state index in [9.17, 15) is 0 Å². The van der Waals surface area contributed by atoms with Crippen LogP contribution in [-0.4, -0.2) is 10.7 Å². The third-order valence-corrected chi connectivity index (χ3v) is 3.80. The SMILES string of the molecule is Cc1cc(C(C)(C)CS)nc2ccccc12. The molecule has 16 heavy (non-hydrogen) atoms. The maximum absolute atomic E-state index is 4.73. The molecule has 0 amide bonds. The van der Waals surface area contributed by atoms with Crippen molar-refractivity contribution in [3.63, 3.8) is 0 Å². The Morgan fingerprint density at radius 2 is 1.94 bits per heavy atom. The molecule has 0 radical (unpaired) electrons. The lowest BCUT2D eigenvalue weighted by Gasteiger charge is -2.22. The maximum Gasteiger partial charge on any atom is 0.0708 e. The molecule has 1 heterocycles. The van der Waals surface area contributed by atoms with E-state index < -0.39 is 0 Å². The van der Waals surface area contributed by atoms with Crippen LogP contribution in [0.15, 0.2) is 30.3 Å². The fraction of sp³-hybridized carbons (Fsp3) is 0.357. The maximum atomic E-state index is 4.73. The molecule has 2 rings (SSSR count). The van der Waals surface area contributed by atoms with Gasteiger partial charge in [0.2, 0.25) is 0 Å². The van der Waals surface area contributed by atoms with Gasteiger partial charge in [-0.05, 0) is 24.6 Å². The zero-order valence-corrected chi connectivity index (χ0v) is 10.9. The highest BCUT2D eigenvalue weighted by molar-refractivity contribution is 7.80. The molecular weight excluding hydrogens is 214 g/mol. The van der Waals surface area contributed by atoms with E-state index in [0.717, 1.165) is 17.0 Å². The number of fused-ring (bicyclic) bond motifs is 1. The molecule has 0 bridgehead atoms. The first-order chi connectivity index (χ1) is 7.54. The summed E-state index contributed by atoms with van der Waals surface area (Å²) in [6, 6.07) is 10.5. The van der Waals surface area contributed by atoms with Gasteiger partial charge in [0.05, 0.1) is 5.52 Å². The molecular formula is C14H17NS. The topological polar surface area (TPSA) is 12.9 Å². The Bertz CT molecular complexity index is 517. The molecule has 2 heteroatoms. The molecule has 0 atom stereocenters. The third-order valence-electron chi connectivity index (χ3n) is 3.01. The summed E-state index contributed by atoms with van der Waals surface area (Å²) < 4.78 is 0. The van der Waals surface area contributed by atoms with E-state index in [1.54, 1.807) is 0 Å². The molecule has 0 N–H and O–H groups in total. The number of aromatic nitrogens is 1. The molecule has 0 saturated heterocycles. The summed E-state index contributed by atoms with van der Waals surface area (Å²) in [7, 11) is 0. The van der Waals surface area contributed by atoms with Gasteiger partial charge in [-0.25, -0.2) is 0 Å². The summed E-state index contributed by atoms with van der Waals surface area (Å²) >= 11 is 4.40. The fourth-order valence-electron chi connectivity index (χ4n) is 1.78. The second-order valence-electron chi connectivity index (χ2n) is 4.88. The molecule has 0 spiro atoms. The van der Waals surface area contributed by atoms with Gasteiger partial charge in [-0.1, -0.05) is 32.0 Å². The number of benzene rings is 1. The summed E-state index contributed by atoms with van der Waals surface area (Å²) in [6.45, 7) is 6.50. The first-order valence-corrected chi connectivity index (χ1v) is 6.15. The van der Waals surface area contributed by atoms with Crippen LogP contribution in [-0.2, 0) is 5.41 Å². The van der Waals surface area contributed by atoms with E-state index in [-0.39, 0.29) is 5.41 Å². The van der Waals surface area contributed by atoms with Gasteiger partial charge in [-0.2, -0.15) is 12.6 Å². The molecule has 0 aliphatic heterocycles. The minimum Gasteiger partial charge on any atom is -0.252 e. The molecule has 84 valence electrons.